The molecule has 11 heteroatoms. The largest absolute Gasteiger partial charge is 0.586 e. The maximum absolute atomic E-state index is 14.5. The van der Waals surface area contributed by atoms with E-state index in [1.165, 1.54) is 31.4 Å². The summed E-state index contributed by atoms with van der Waals surface area (Å²) in [5.41, 5.74) is 0.238. The van der Waals surface area contributed by atoms with Crippen molar-refractivity contribution in [2.24, 2.45) is 0 Å². The number of ether oxygens (including phenoxy) is 4. The number of carbonyl (C=O) groups is 2. The Morgan fingerprint density at radius 3 is 2.46 bits per heavy atom. The third-order valence-electron chi connectivity index (χ3n) is 7.35. The van der Waals surface area contributed by atoms with Gasteiger partial charge in [0.05, 0.1) is 24.1 Å². The Kier molecular flexibility index (Phi) is 5.63. The molecule has 1 saturated carbocycles. The number of halogens is 3. The average Bonchev–Trinajstić information content (AvgIpc) is 3.65. The van der Waals surface area contributed by atoms with Crippen LogP contribution < -0.4 is 24.3 Å². The number of amides is 1. The number of hydrogen-bond donors (Lipinski definition) is 2. The van der Waals surface area contributed by atoms with Crippen molar-refractivity contribution in [3.05, 3.63) is 82.7 Å². The summed E-state index contributed by atoms with van der Waals surface area (Å²) in [4.78, 5) is 24.9. The molecule has 0 spiro atoms. The fraction of sp³-hybridized carbons (Fsp3) is 0.286. The van der Waals surface area contributed by atoms with E-state index >= 15 is 0 Å². The smallest absolute Gasteiger partial charge is 0.497 e. The topological polar surface area (TPSA) is 103 Å². The first-order chi connectivity index (χ1) is 18.6. The summed E-state index contributed by atoms with van der Waals surface area (Å²) in [6.07, 6.45) is -3.20. The van der Waals surface area contributed by atoms with Gasteiger partial charge in [0.15, 0.2) is 11.5 Å². The maximum Gasteiger partial charge on any atom is 0.586 e. The fourth-order valence-electron chi connectivity index (χ4n) is 5.13. The molecule has 6 rings (SSSR count). The van der Waals surface area contributed by atoms with E-state index in [4.69, 9.17) is 14.6 Å². The van der Waals surface area contributed by atoms with Gasteiger partial charge in [0, 0.05) is 18.1 Å². The molecule has 1 fully saturated rings. The van der Waals surface area contributed by atoms with E-state index in [0.29, 0.717) is 41.0 Å². The van der Waals surface area contributed by atoms with Crippen LogP contribution in [0.4, 0.5) is 13.2 Å². The van der Waals surface area contributed by atoms with E-state index in [1.54, 1.807) is 24.3 Å². The number of rotatable bonds is 6. The lowest BCUT2D eigenvalue weighted by Gasteiger charge is -2.34. The van der Waals surface area contributed by atoms with Gasteiger partial charge in [-0.05, 0) is 60.4 Å². The predicted molar refractivity (Wildman–Crippen MR) is 129 cm³/mol. The minimum absolute atomic E-state index is 0.101. The Morgan fingerprint density at radius 1 is 1.00 bits per heavy atom. The molecule has 0 aromatic heterocycles. The molecule has 2 heterocycles. The zero-order valence-electron chi connectivity index (χ0n) is 20.5. The second kappa shape index (κ2) is 8.82. The second-order valence-electron chi connectivity index (χ2n) is 9.73. The first-order valence-corrected chi connectivity index (χ1v) is 12.2. The maximum atomic E-state index is 14.5. The number of aromatic carboxylic acids is 1. The van der Waals surface area contributed by atoms with Gasteiger partial charge in [-0.25, -0.2) is 9.18 Å². The molecule has 2 atom stereocenters. The van der Waals surface area contributed by atoms with Crippen LogP contribution in [0.15, 0.2) is 54.6 Å². The highest BCUT2D eigenvalue weighted by atomic mass is 19.3. The van der Waals surface area contributed by atoms with Gasteiger partial charge in [-0.15, -0.1) is 8.78 Å². The third-order valence-corrected chi connectivity index (χ3v) is 7.35. The number of carbonyl (C=O) groups excluding carboxylic acids is 1. The van der Waals surface area contributed by atoms with Crippen LogP contribution in [0.5, 0.6) is 23.0 Å². The fourth-order valence-corrected chi connectivity index (χ4v) is 5.13. The molecule has 3 aromatic carbocycles. The Bertz CT molecular complexity index is 1500. The molecule has 3 aromatic rings. The minimum Gasteiger partial charge on any atom is -0.497 e. The molecule has 0 radical (unpaired) electrons. The van der Waals surface area contributed by atoms with Crippen LogP contribution in [0, 0.1) is 5.82 Å². The average molecular weight is 541 g/mol. The normalized spacial score (nSPS) is 21.3. The van der Waals surface area contributed by atoms with E-state index in [2.05, 4.69) is 14.8 Å². The van der Waals surface area contributed by atoms with Crippen LogP contribution in [0.2, 0.25) is 0 Å². The van der Waals surface area contributed by atoms with Gasteiger partial charge in [-0.1, -0.05) is 12.1 Å². The first kappa shape index (κ1) is 24.9. The zero-order chi connectivity index (χ0) is 27.5. The highest BCUT2D eigenvalue weighted by Crippen LogP contribution is 2.53. The van der Waals surface area contributed by atoms with Crippen LogP contribution >= 0.6 is 0 Å². The van der Waals surface area contributed by atoms with Crippen molar-refractivity contribution in [2.75, 3.05) is 7.11 Å². The lowest BCUT2D eigenvalue weighted by atomic mass is 9.90. The molecule has 2 N–H and O–H groups in total. The lowest BCUT2D eigenvalue weighted by molar-refractivity contribution is -0.286. The number of fused-ring (bicyclic) bond motifs is 2. The Balaban J connectivity index is 1.29. The van der Waals surface area contributed by atoms with Gasteiger partial charge >= 0.3 is 12.3 Å². The SMILES string of the molecule is COc1ccc2c(c1)O[C@@H](c1ccc(C(=O)O)c(F)c1)C[C@H]2NC(=O)C1(c2ccc3c(c2)OC(F)(F)O3)CC1. The van der Waals surface area contributed by atoms with Crippen molar-refractivity contribution < 1.29 is 46.8 Å². The highest BCUT2D eigenvalue weighted by Gasteiger charge is 2.53. The van der Waals surface area contributed by atoms with E-state index < -0.39 is 41.2 Å². The highest BCUT2D eigenvalue weighted by molar-refractivity contribution is 5.92. The van der Waals surface area contributed by atoms with Crippen molar-refractivity contribution in [3.63, 3.8) is 0 Å². The first-order valence-electron chi connectivity index (χ1n) is 12.2. The number of alkyl halides is 2. The molecule has 1 aliphatic carbocycles. The molecule has 202 valence electrons. The van der Waals surface area contributed by atoms with Gasteiger partial charge in [-0.2, -0.15) is 0 Å². The number of carboxylic acid groups (broad SMARTS) is 1. The number of methoxy groups -OCH3 is 1. The summed E-state index contributed by atoms with van der Waals surface area (Å²) in [5.74, 6) is -1.87. The summed E-state index contributed by atoms with van der Waals surface area (Å²) in [5, 5.41) is 12.2. The van der Waals surface area contributed by atoms with E-state index in [0.717, 1.165) is 6.07 Å². The molecule has 8 nitrogen and oxygen atoms in total. The quantitative estimate of drug-likeness (QED) is 0.439. The minimum atomic E-state index is -3.76. The lowest BCUT2D eigenvalue weighted by Crippen LogP contribution is -2.39. The second-order valence-corrected chi connectivity index (χ2v) is 9.73. The summed E-state index contributed by atoms with van der Waals surface area (Å²) in [6, 6.07) is 12.7. The van der Waals surface area contributed by atoms with Gasteiger partial charge in [0.2, 0.25) is 5.91 Å². The van der Waals surface area contributed by atoms with Gasteiger partial charge in [0.25, 0.3) is 0 Å². The molecular weight excluding hydrogens is 519 g/mol. The molecule has 3 aliphatic rings. The monoisotopic (exact) mass is 541 g/mol. The number of carboxylic acids is 1. The molecule has 0 bridgehead atoms. The van der Waals surface area contributed by atoms with Gasteiger partial charge < -0.3 is 29.4 Å². The third kappa shape index (κ3) is 4.37. The standard InChI is InChI=1S/C28H22F3NO7/c1-36-16-4-6-18-20(13-22(37-23(18)12-16)14-2-5-17(25(33)34)19(29)10-14)32-26(35)27(8-9-27)15-3-7-21-24(11-15)39-28(30,31)38-21/h2-7,10-12,20,22H,8-9,13H2,1H3,(H,32,35)(H,33,34)/t20-,22-/m1/s1. The molecule has 0 saturated heterocycles. The van der Waals surface area contributed by atoms with Crippen molar-refractivity contribution in [2.45, 2.75) is 43.1 Å². The van der Waals surface area contributed by atoms with E-state index in [1.807, 2.05) is 0 Å². The number of benzene rings is 3. The van der Waals surface area contributed by atoms with Crippen molar-refractivity contribution in [3.8, 4) is 23.0 Å². The zero-order valence-corrected chi connectivity index (χ0v) is 20.5. The predicted octanol–water partition coefficient (Wildman–Crippen LogP) is 5.27. The van der Waals surface area contributed by atoms with Crippen molar-refractivity contribution in [1.29, 1.82) is 0 Å². The van der Waals surface area contributed by atoms with Crippen LogP contribution in [-0.4, -0.2) is 30.4 Å². The molecular formula is C28H22F3NO7. The summed E-state index contributed by atoms with van der Waals surface area (Å²) in [7, 11) is 1.50. The van der Waals surface area contributed by atoms with Crippen LogP contribution in [0.3, 0.4) is 0 Å². The molecule has 1 amide bonds. The summed E-state index contributed by atoms with van der Waals surface area (Å²) < 4.78 is 62.0. The van der Waals surface area contributed by atoms with Gasteiger partial charge in [-0.3, -0.25) is 4.79 Å². The van der Waals surface area contributed by atoms with E-state index in [-0.39, 0.29) is 23.8 Å². The number of hydrogen-bond acceptors (Lipinski definition) is 6. The van der Waals surface area contributed by atoms with Crippen LogP contribution in [-0.2, 0) is 10.2 Å². The van der Waals surface area contributed by atoms with Crippen LogP contribution in [0.1, 0.15) is 58.5 Å². The Labute approximate surface area is 220 Å². The Morgan fingerprint density at radius 2 is 1.77 bits per heavy atom. The van der Waals surface area contributed by atoms with Crippen molar-refractivity contribution in [1.82, 2.24) is 5.32 Å². The van der Waals surface area contributed by atoms with E-state index in [9.17, 15) is 22.8 Å². The molecule has 2 aliphatic heterocycles. The molecule has 39 heavy (non-hydrogen) atoms. The molecule has 0 unspecified atom stereocenters. The summed E-state index contributed by atoms with van der Waals surface area (Å²) >= 11 is 0. The van der Waals surface area contributed by atoms with Crippen molar-refractivity contribution >= 4 is 11.9 Å². The van der Waals surface area contributed by atoms with Gasteiger partial charge in [0.1, 0.15) is 23.4 Å². The number of nitrogens with one attached hydrogen (secondary N) is 1. The van der Waals surface area contributed by atoms with Crippen LogP contribution in [0.25, 0.3) is 0 Å². The Hall–Kier alpha value is -4.41. The summed E-state index contributed by atoms with van der Waals surface area (Å²) in [6.45, 7) is 0.